The molecule has 3 aromatic rings. The van der Waals surface area contributed by atoms with Crippen molar-refractivity contribution in [1.82, 2.24) is 14.8 Å². The maximum Gasteiger partial charge on any atom is 0.347 e. The molecule has 1 aromatic carbocycles. The Morgan fingerprint density at radius 2 is 2.05 bits per heavy atom. The lowest BCUT2D eigenvalue weighted by Gasteiger charge is -2.01. The fourth-order valence-corrected chi connectivity index (χ4v) is 2.17. The molecule has 0 fully saturated rings. The van der Waals surface area contributed by atoms with Crippen LogP contribution in [0.1, 0.15) is 0 Å². The Balaban J connectivity index is 2.31. The summed E-state index contributed by atoms with van der Waals surface area (Å²) in [4.78, 5) is 16.2. The van der Waals surface area contributed by atoms with Crippen molar-refractivity contribution in [2.24, 2.45) is 7.05 Å². The lowest BCUT2D eigenvalue weighted by atomic mass is 10.2. The molecule has 0 aliphatic heterocycles. The zero-order valence-corrected chi connectivity index (χ0v) is 11.2. The van der Waals surface area contributed by atoms with Crippen LogP contribution < -0.4 is 5.63 Å². The van der Waals surface area contributed by atoms with Gasteiger partial charge in [-0.2, -0.15) is 5.10 Å². The first kappa shape index (κ1) is 12.2. The van der Waals surface area contributed by atoms with E-state index in [1.807, 2.05) is 0 Å². The van der Waals surface area contributed by atoms with Gasteiger partial charge in [0.15, 0.2) is 5.15 Å². The van der Waals surface area contributed by atoms with Crippen molar-refractivity contribution in [3.8, 4) is 11.6 Å². The summed E-state index contributed by atoms with van der Waals surface area (Å²) in [7, 11) is 1.69. The van der Waals surface area contributed by atoms with Gasteiger partial charge >= 0.3 is 5.63 Å². The molecule has 19 heavy (non-hydrogen) atoms. The van der Waals surface area contributed by atoms with E-state index in [-0.39, 0.29) is 5.89 Å². The normalized spacial score (nSPS) is 11.1. The first-order valence-electron chi connectivity index (χ1n) is 5.35. The maximum absolute atomic E-state index is 11.9. The number of halogens is 2. The minimum absolute atomic E-state index is 0.154. The van der Waals surface area contributed by atoms with Crippen LogP contribution >= 0.6 is 23.2 Å². The zero-order chi connectivity index (χ0) is 13.6. The average molecular weight is 296 g/mol. The van der Waals surface area contributed by atoms with Gasteiger partial charge in [-0.25, -0.2) is 9.78 Å². The van der Waals surface area contributed by atoms with E-state index >= 15 is 0 Å². The van der Waals surface area contributed by atoms with Gasteiger partial charge in [-0.05, 0) is 18.2 Å². The maximum atomic E-state index is 11.9. The molecule has 0 unspecified atom stereocenters. The van der Waals surface area contributed by atoms with E-state index in [9.17, 15) is 4.79 Å². The first-order valence-corrected chi connectivity index (χ1v) is 6.10. The molecule has 5 nitrogen and oxygen atoms in total. The molecular weight excluding hydrogens is 289 g/mol. The van der Waals surface area contributed by atoms with Gasteiger partial charge in [-0.3, -0.25) is 4.68 Å². The van der Waals surface area contributed by atoms with Crippen molar-refractivity contribution in [2.45, 2.75) is 0 Å². The molecule has 2 aromatic heterocycles. The van der Waals surface area contributed by atoms with Gasteiger partial charge in [0.25, 0.3) is 0 Å². The molecule has 0 N–H and O–H groups in total. The Labute approximate surface area is 117 Å². The third kappa shape index (κ3) is 2.11. The van der Waals surface area contributed by atoms with Crippen LogP contribution in [0.25, 0.3) is 22.5 Å². The predicted molar refractivity (Wildman–Crippen MR) is 72.5 cm³/mol. The van der Waals surface area contributed by atoms with Crippen LogP contribution in [0.3, 0.4) is 0 Å². The zero-order valence-electron chi connectivity index (χ0n) is 9.72. The van der Waals surface area contributed by atoms with Crippen molar-refractivity contribution in [3.05, 3.63) is 44.9 Å². The summed E-state index contributed by atoms with van der Waals surface area (Å²) >= 11 is 11.7. The average Bonchev–Trinajstić information content (AvgIpc) is 2.67. The summed E-state index contributed by atoms with van der Waals surface area (Å²) in [6.07, 6.45) is 0. The molecule has 0 spiro atoms. The number of nitrogens with zero attached hydrogens (tertiary/aromatic N) is 3. The van der Waals surface area contributed by atoms with E-state index in [1.165, 1.54) is 4.68 Å². The molecule has 0 saturated carbocycles. The Morgan fingerprint density at radius 3 is 2.74 bits per heavy atom. The molecule has 0 amide bonds. The van der Waals surface area contributed by atoms with Gasteiger partial charge in [0.2, 0.25) is 5.89 Å². The van der Waals surface area contributed by atoms with Crippen LogP contribution in [0.4, 0.5) is 0 Å². The van der Waals surface area contributed by atoms with E-state index < -0.39 is 5.63 Å². The fraction of sp³-hybridized carbons (Fsp3) is 0.0833. The Hall–Kier alpha value is -1.85. The van der Waals surface area contributed by atoms with E-state index in [2.05, 4.69) is 10.1 Å². The van der Waals surface area contributed by atoms with Crippen molar-refractivity contribution >= 4 is 34.1 Å². The Morgan fingerprint density at radius 1 is 1.26 bits per heavy atom. The molecule has 0 bridgehead atoms. The van der Waals surface area contributed by atoms with E-state index in [4.69, 9.17) is 27.6 Å². The Bertz CT molecular complexity index is 839. The van der Waals surface area contributed by atoms with E-state index in [0.717, 1.165) is 0 Å². The monoisotopic (exact) mass is 295 g/mol. The number of hydrogen-bond acceptors (Lipinski definition) is 4. The molecule has 3 rings (SSSR count). The third-order valence-corrected chi connectivity index (χ3v) is 3.08. The number of fused-ring (bicyclic) bond motifs is 1. The highest BCUT2D eigenvalue weighted by atomic mass is 35.5. The highest BCUT2D eigenvalue weighted by molar-refractivity contribution is 6.31. The van der Waals surface area contributed by atoms with Gasteiger partial charge in [-0.15, -0.1) is 0 Å². The largest absolute Gasteiger partial charge is 0.401 e. The van der Waals surface area contributed by atoms with Gasteiger partial charge in [0, 0.05) is 18.1 Å². The summed E-state index contributed by atoms with van der Waals surface area (Å²) in [6, 6.07) is 6.37. The summed E-state index contributed by atoms with van der Waals surface area (Å²) in [5.74, 6) is 0.154. The van der Waals surface area contributed by atoms with Crippen LogP contribution in [0, 0.1) is 0 Å². The first-order chi connectivity index (χ1) is 9.04. The van der Waals surface area contributed by atoms with Crippen LogP contribution in [-0.4, -0.2) is 14.8 Å². The van der Waals surface area contributed by atoms with Gasteiger partial charge in [-0.1, -0.05) is 23.2 Å². The molecule has 0 saturated heterocycles. The van der Waals surface area contributed by atoms with Crippen LogP contribution in [-0.2, 0) is 7.05 Å². The molecule has 96 valence electrons. The lowest BCUT2D eigenvalue weighted by Crippen LogP contribution is -2.04. The third-order valence-electron chi connectivity index (χ3n) is 2.66. The molecule has 2 heterocycles. The minimum Gasteiger partial charge on any atom is -0.401 e. The summed E-state index contributed by atoms with van der Waals surface area (Å²) in [5, 5.41) is 5.14. The molecule has 0 atom stereocenters. The van der Waals surface area contributed by atoms with Crippen LogP contribution in [0.15, 0.2) is 33.5 Å². The van der Waals surface area contributed by atoms with Crippen LogP contribution in [0.5, 0.6) is 0 Å². The van der Waals surface area contributed by atoms with E-state index in [0.29, 0.717) is 26.8 Å². The smallest absolute Gasteiger partial charge is 0.347 e. The van der Waals surface area contributed by atoms with Gasteiger partial charge in [0.1, 0.15) is 5.69 Å². The number of aromatic nitrogens is 3. The number of hydrogen-bond donors (Lipinski definition) is 0. The summed E-state index contributed by atoms with van der Waals surface area (Å²) in [5.41, 5.74) is 0.508. The fourth-order valence-electron chi connectivity index (χ4n) is 1.79. The second-order valence-corrected chi connectivity index (χ2v) is 4.77. The quantitative estimate of drug-likeness (QED) is 0.692. The second kappa shape index (κ2) is 4.36. The standard InChI is InChI=1S/C12H7Cl2N3O2/c1-17-9(5-10(14)16-17)11-15-8-4-6(13)2-3-7(8)12(18)19-11/h2-5H,1H3. The van der Waals surface area contributed by atoms with Crippen molar-refractivity contribution in [1.29, 1.82) is 0 Å². The number of rotatable bonds is 1. The van der Waals surface area contributed by atoms with Crippen molar-refractivity contribution in [3.63, 3.8) is 0 Å². The summed E-state index contributed by atoms with van der Waals surface area (Å²) in [6.45, 7) is 0. The molecule has 0 radical (unpaired) electrons. The topological polar surface area (TPSA) is 60.9 Å². The van der Waals surface area contributed by atoms with E-state index in [1.54, 1.807) is 31.3 Å². The van der Waals surface area contributed by atoms with Crippen molar-refractivity contribution < 1.29 is 4.42 Å². The predicted octanol–water partition coefficient (Wildman–Crippen LogP) is 2.90. The summed E-state index contributed by atoms with van der Waals surface area (Å²) < 4.78 is 6.67. The molecule has 0 aliphatic rings. The van der Waals surface area contributed by atoms with Gasteiger partial charge < -0.3 is 4.42 Å². The molecule has 7 heteroatoms. The highest BCUT2D eigenvalue weighted by Gasteiger charge is 2.13. The molecular formula is C12H7Cl2N3O2. The molecule has 0 aliphatic carbocycles. The lowest BCUT2D eigenvalue weighted by molar-refractivity contribution is 0.511. The SMILES string of the molecule is Cn1nc(Cl)cc1-c1nc2cc(Cl)ccc2c(=O)o1. The highest BCUT2D eigenvalue weighted by Crippen LogP contribution is 2.22. The van der Waals surface area contributed by atoms with Gasteiger partial charge in [0.05, 0.1) is 10.9 Å². The Kier molecular flexibility index (Phi) is 2.80. The second-order valence-electron chi connectivity index (χ2n) is 3.94. The minimum atomic E-state index is -0.478. The van der Waals surface area contributed by atoms with Crippen molar-refractivity contribution in [2.75, 3.05) is 0 Å². The number of aryl methyl sites for hydroxylation is 1. The van der Waals surface area contributed by atoms with Crippen LogP contribution in [0.2, 0.25) is 10.2 Å². The number of benzene rings is 1.